The maximum absolute atomic E-state index is 12.2. The number of rotatable bonds is 4. The van der Waals surface area contributed by atoms with Crippen molar-refractivity contribution in [2.24, 2.45) is 5.92 Å². The van der Waals surface area contributed by atoms with Crippen molar-refractivity contribution in [1.29, 1.82) is 0 Å². The Morgan fingerprint density at radius 2 is 2.30 bits per heavy atom. The van der Waals surface area contributed by atoms with Crippen LogP contribution in [0.15, 0.2) is 28.7 Å². The Morgan fingerprint density at radius 1 is 1.55 bits per heavy atom. The van der Waals surface area contributed by atoms with Gasteiger partial charge in [-0.05, 0) is 47.8 Å². The molecule has 4 nitrogen and oxygen atoms in total. The van der Waals surface area contributed by atoms with Crippen LogP contribution in [-0.2, 0) is 4.79 Å². The largest absolute Gasteiger partial charge is 0.483 e. The van der Waals surface area contributed by atoms with E-state index in [9.17, 15) is 9.90 Å². The summed E-state index contributed by atoms with van der Waals surface area (Å²) >= 11 is 3.39. The predicted molar refractivity (Wildman–Crippen MR) is 80.6 cm³/mol. The maximum Gasteiger partial charge on any atom is 0.260 e. The second kappa shape index (κ2) is 7.09. The average molecular weight is 342 g/mol. The molecule has 1 heterocycles. The summed E-state index contributed by atoms with van der Waals surface area (Å²) in [6, 6.07) is 7.47. The smallest absolute Gasteiger partial charge is 0.260 e. The first-order chi connectivity index (χ1) is 9.58. The molecule has 0 saturated carbocycles. The minimum absolute atomic E-state index is 0.0221. The number of nitrogens with zero attached hydrogens (tertiary/aromatic N) is 1. The second-order valence-electron chi connectivity index (χ2n) is 5.20. The molecule has 0 aliphatic carbocycles. The minimum atomic E-state index is -0.366. The van der Waals surface area contributed by atoms with Gasteiger partial charge in [0, 0.05) is 19.0 Å². The first-order valence-corrected chi connectivity index (χ1v) is 7.70. The van der Waals surface area contributed by atoms with Crippen LogP contribution in [0.2, 0.25) is 0 Å². The molecule has 1 aromatic rings. The van der Waals surface area contributed by atoms with E-state index >= 15 is 0 Å². The summed E-state index contributed by atoms with van der Waals surface area (Å²) in [6.45, 7) is 3.20. The van der Waals surface area contributed by atoms with E-state index in [1.807, 2.05) is 24.3 Å². The van der Waals surface area contributed by atoms with Gasteiger partial charge in [-0.3, -0.25) is 4.79 Å². The van der Waals surface area contributed by atoms with Crippen molar-refractivity contribution in [2.45, 2.75) is 25.9 Å². The van der Waals surface area contributed by atoms with Crippen molar-refractivity contribution in [1.82, 2.24) is 4.90 Å². The number of piperidine rings is 1. The number of carbonyl (C=O) groups is 1. The molecule has 2 unspecified atom stereocenters. The Labute approximate surface area is 127 Å². The van der Waals surface area contributed by atoms with Crippen molar-refractivity contribution in [3.8, 4) is 5.75 Å². The van der Waals surface area contributed by atoms with E-state index in [0.29, 0.717) is 12.3 Å². The predicted octanol–water partition coefficient (Wildman–Crippen LogP) is 2.45. The molecule has 2 rings (SSSR count). The lowest BCUT2D eigenvalue weighted by Gasteiger charge is -2.34. The van der Waals surface area contributed by atoms with Crippen LogP contribution >= 0.6 is 15.9 Å². The van der Waals surface area contributed by atoms with E-state index in [-0.39, 0.29) is 24.5 Å². The van der Waals surface area contributed by atoms with Crippen LogP contribution in [0.4, 0.5) is 0 Å². The lowest BCUT2D eigenvalue weighted by atomic mass is 9.93. The number of hydrogen-bond acceptors (Lipinski definition) is 3. The van der Waals surface area contributed by atoms with Gasteiger partial charge in [0.05, 0.1) is 10.6 Å². The lowest BCUT2D eigenvalue weighted by molar-refractivity contribution is -0.136. The number of benzene rings is 1. The van der Waals surface area contributed by atoms with Gasteiger partial charge in [0.2, 0.25) is 0 Å². The Morgan fingerprint density at radius 3 is 3.00 bits per heavy atom. The topological polar surface area (TPSA) is 49.8 Å². The highest BCUT2D eigenvalue weighted by molar-refractivity contribution is 9.10. The number of amides is 1. The van der Waals surface area contributed by atoms with Gasteiger partial charge in [0.1, 0.15) is 5.75 Å². The number of ether oxygens (including phenoxy) is 1. The van der Waals surface area contributed by atoms with Gasteiger partial charge in [-0.2, -0.15) is 0 Å². The van der Waals surface area contributed by atoms with Crippen LogP contribution in [0.5, 0.6) is 5.75 Å². The molecule has 20 heavy (non-hydrogen) atoms. The summed E-state index contributed by atoms with van der Waals surface area (Å²) in [5.74, 6) is 0.826. The van der Waals surface area contributed by atoms with Gasteiger partial charge < -0.3 is 14.7 Å². The summed E-state index contributed by atoms with van der Waals surface area (Å²) in [4.78, 5) is 13.9. The van der Waals surface area contributed by atoms with E-state index in [4.69, 9.17) is 4.74 Å². The first kappa shape index (κ1) is 15.3. The highest BCUT2D eigenvalue weighted by Crippen LogP contribution is 2.24. The fraction of sp³-hybridized carbons (Fsp3) is 0.533. The quantitative estimate of drug-likeness (QED) is 0.914. The third-order valence-corrected chi connectivity index (χ3v) is 4.34. The van der Waals surface area contributed by atoms with Crippen LogP contribution in [0.3, 0.4) is 0 Å². The number of hydrogen-bond donors (Lipinski definition) is 1. The van der Waals surface area contributed by atoms with E-state index in [0.717, 1.165) is 23.9 Å². The van der Waals surface area contributed by atoms with Crippen LogP contribution in [0, 0.1) is 5.92 Å². The van der Waals surface area contributed by atoms with E-state index < -0.39 is 0 Å². The fourth-order valence-corrected chi connectivity index (χ4v) is 2.82. The molecular formula is C15H20BrNO3. The van der Waals surface area contributed by atoms with Crippen LogP contribution in [0.1, 0.15) is 19.8 Å². The summed E-state index contributed by atoms with van der Waals surface area (Å²) in [5.41, 5.74) is 0. The molecule has 2 atom stereocenters. The number of para-hydroxylation sites is 1. The van der Waals surface area contributed by atoms with Gasteiger partial charge in [-0.25, -0.2) is 0 Å². The van der Waals surface area contributed by atoms with Gasteiger partial charge in [0.25, 0.3) is 5.91 Å². The van der Waals surface area contributed by atoms with Crippen molar-refractivity contribution >= 4 is 21.8 Å². The third-order valence-electron chi connectivity index (χ3n) is 3.68. The first-order valence-electron chi connectivity index (χ1n) is 6.91. The van der Waals surface area contributed by atoms with Crippen molar-refractivity contribution < 1.29 is 14.6 Å². The molecule has 0 bridgehead atoms. The lowest BCUT2D eigenvalue weighted by Crippen LogP contribution is -2.44. The molecule has 1 saturated heterocycles. The molecular weight excluding hydrogens is 322 g/mol. The summed E-state index contributed by atoms with van der Waals surface area (Å²) in [5, 5.41) is 9.65. The normalized spacial score (nSPS) is 20.6. The van der Waals surface area contributed by atoms with Gasteiger partial charge in [-0.15, -0.1) is 0 Å². The summed E-state index contributed by atoms with van der Waals surface area (Å²) < 4.78 is 6.39. The number of halogens is 1. The molecule has 1 N–H and O–H groups in total. The number of carbonyl (C=O) groups excluding carboxylic acids is 1. The average Bonchev–Trinajstić information content (AvgIpc) is 2.46. The summed E-state index contributed by atoms with van der Waals surface area (Å²) in [6.07, 6.45) is 1.55. The molecule has 110 valence electrons. The van der Waals surface area contributed by atoms with Gasteiger partial charge >= 0.3 is 0 Å². The Hall–Kier alpha value is -1.07. The standard InChI is InChI=1S/C15H20BrNO3/c1-11(18)12-5-4-8-17(9-12)15(19)10-20-14-7-3-2-6-13(14)16/h2-3,6-7,11-12,18H,4-5,8-10H2,1H3. The molecule has 0 radical (unpaired) electrons. The van der Waals surface area contributed by atoms with Crippen LogP contribution in [0.25, 0.3) is 0 Å². The molecule has 5 heteroatoms. The highest BCUT2D eigenvalue weighted by atomic mass is 79.9. The fourth-order valence-electron chi connectivity index (χ4n) is 2.42. The molecule has 1 aliphatic heterocycles. The molecule has 0 aromatic heterocycles. The van der Waals surface area contributed by atoms with Gasteiger partial charge in [-0.1, -0.05) is 12.1 Å². The number of likely N-dealkylation sites (tertiary alicyclic amines) is 1. The van der Waals surface area contributed by atoms with E-state index in [1.165, 1.54) is 0 Å². The second-order valence-corrected chi connectivity index (χ2v) is 6.06. The van der Waals surface area contributed by atoms with Gasteiger partial charge in [0.15, 0.2) is 6.61 Å². The van der Waals surface area contributed by atoms with Crippen molar-refractivity contribution in [3.63, 3.8) is 0 Å². The zero-order valence-corrected chi connectivity index (χ0v) is 13.2. The molecule has 1 fully saturated rings. The van der Waals surface area contributed by atoms with Crippen molar-refractivity contribution in [3.05, 3.63) is 28.7 Å². The molecule has 0 spiro atoms. The SMILES string of the molecule is CC(O)C1CCCN(C(=O)COc2ccccc2Br)C1. The molecule has 1 aromatic carbocycles. The number of aliphatic hydroxyl groups excluding tert-OH is 1. The van der Waals surface area contributed by atoms with E-state index in [1.54, 1.807) is 11.8 Å². The summed E-state index contributed by atoms with van der Waals surface area (Å²) in [7, 11) is 0. The Bertz CT molecular complexity index is 464. The van der Waals surface area contributed by atoms with E-state index in [2.05, 4.69) is 15.9 Å². The van der Waals surface area contributed by atoms with Crippen LogP contribution in [-0.4, -0.2) is 41.7 Å². The molecule has 1 aliphatic rings. The number of aliphatic hydroxyl groups is 1. The maximum atomic E-state index is 12.2. The zero-order valence-electron chi connectivity index (χ0n) is 11.6. The highest BCUT2D eigenvalue weighted by Gasteiger charge is 2.26. The Balaban J connectivity index is 1.87. The minimum Gasteiger partial charge on any atom is -0.483 e. The Kier molecular flexibility index (Phi) is 5.43. The van der Waals surface area contributed by atoms with Crippen molar-refractivity contribution in [2.75, 3.05) is 19.7 Å². The third kappa shape index (κ3) is 3.96. The monoisotopic (exact) mass is 341 g/mol. The molecule has 1 amide bonds. The zero-order chi connectivity index (χ0) is 14.5. The van der Waals surface area contributed by atoms with Crippen LogP contribution < -0.4 is 4.74 Å².